The largest absolute Gasteiger partial charge is 0.484 e. The number of benzene rings is 1. The van der Waals surface area contributed by atoms with E-state index in [1.165, 1.54) is 41.1 Å². The second-order valence-corrected chi connectivity index (χ2v) is 5.81. The van der Waals surface area contributed by atoms with Gasteiger partial charge in [-0.1, -0.05) is 0 Å². The molecule has 0 spiro atoms. The summed E-state index contributed by atoms with van der Waals surface area (Å²) in [7, 11) is 0. The van der Waals surface area contributed by atoms with Crippen LogP contribution >= 0.6 is 0 Å². The maximum atomic E-state index is 11.9. The number of ether oxygens (including phenoxy) is 1. The molecule has 0 saturated heterocycles. The Bertz CT molecular complexity index is 1010. The number of carbonyl (C=O) groups excluding carboxylic acids is 2. The fraction of sp³-hybridized carbons (Fsp3) is 0.222. The molecule has 10 nitrogen and oxygen atoms in total. The maximum Gasteiger partial charge on any atom is 0.266 e. The minimum Gasteiger partial charge on any atom is -0.484 e. The first-order chi connectivity index (χ1) is 13.5. The van der Waals surface area contributed by atoms with Crippen molar-refractivity contribution in [1.82, 2.24) is 29.9 Å². The molecule has 1 amide bonds. The van der Waals surface area contributed by atoms with Crippen LogP contribution in [0.4, 0.5) is 0 Å². The van der Waals surface area contributed by atoms with Gasteiger partial charge in [-0.15, -0.1) is 5.10 Å². The molecule has 10 heteroatoms. The van der Waals surface area contributed by atoms with Crippen LogP contribution in [0.2, 0.25) is 0 Å². The molecule has 0 radical (unpaired) electrons. The summed E-state index contributed by atoms with van der Waals surface area (Å²) in [6, 6.07) is 9.44. The SMILES string of the molecule is CC(=O)c1ccc(OCC(=O)NCCn2nc(-n3cncn3)ccc2=O)cc1. The van der Waals surface area contributed by atoms with E-state index in [0.29, 0.717) is 17.1 Å². The molecule has 2 aromatic heterocycles. The molecule has 1 N–H and O–H groups in total. The van der Waals surface area contributed by atoms with Crippen LogP contribution in [-0.2, 0) is 11.3 Å². The van der Waals surface area contributed by atoms with Crippen LogP contribution in [0.5, 0.6) is 5.75 Å². The highest BCUT2D eigenvalue weighted by molar-refractivity contribution is 5.94. The van der Waals surface area contributed by atoms with E-state index in [0.717, 1.165) is 0 Å². The number of nitrogens with one attached hydrogen (secondary N) is 1. The smallest absolute Gasteiger partial charge is 0.266 e. The average Bonchev–Trinajstić information content (AvgIpc) is 3.23. The second kappa shape index (κ2) is 8.71. The number of Topliss-reactive ketones (excluding diaryl/α,β-unsaturated/α-hetero) is 1. The van der Waals surface area contributed by atoms with Gasteiger partial charge in [0.15, 0.2) is 18.2 Å². The highest BCUT2D eigenvalue weighted by Crippen LogP contribution is 2.12. The van der Waals surface area contributed by atoms with Gasteiger partial charge in [0, 0.05) is 18.2 Å². The van der Waals surface area contributed by atoms with Gasteiger partial charge >= 0.3 is 0 Å². The molecule has 0 saturated carbocycles. The van der Waals surface area contributed by atoms with Crippen molar-refractivity contribution in [1.29, 1.82) is 0 Å². The maximum absolute atomic E-state index is 11.9. The predicted octanol–water partition coefficient (Wildman–Crippen LogP) is 0.222. The topological polar surface area (TPSA) is 121 Å². The van der Waals surface area contributed by atoms with Crippen molar-refractivity contribution >= 4 is 11.7 Å². The molecule has 0 fully saturated rings. The molecular weight excluding hydrogens is 364 g/mol. The van der Waals surface area contributed by atoms with Gasteiger partial charge in [-0.05, 0) is 37.3 Å². The number of hydrogen-bond donors (Lipinski definition) is 1. The first-order valence-electron chi connectivity index (χ1n) is 8.46. The highest BCUT2D eigenvalue weighted by Gasteiger charge is 2.06. The lowest BCUT2D eigenvalue weighted by molar-refractivity contribution is -0.123. The number of aromatic nitrogens is 5. The summed E-state index contributed by atoms with van der Waals surface area (Å²) >= 11 is 0. The van der Waals surface area contributed by atoms with Gasteiger partial charge in [-0.25, -0.2) is 14.3 Å². The van der Waals surface area contributed by atoms with Crippen molar-refractivity contribution in [3.8, 4) is 11.6 Å². The molecule has 144 valence electrons. The summed E-state index contributed by atoms with van der Waals surface area (Å²) in [5.41, 5.74) is 0.280. The van der Waals surface area contributed by atoms with E-state index in [2.05, 4.69) is 20.5 Å². The van der Waals surface area contributed by atoms with Gasteiger partial charge in [0.1, 0.15) is 18.4 Å². The number of rotatable bonds is 8. The van der Waals surface area contributed by atoms with Crippen molar-refractivity contribution in [2.75, 3.05) is 13.2 Å². The molecule has 0 aliphatic carbocycles. The average molecular weight is 382 g/mol. The van der Waals surface area contributed by atoms with E-state index in [1.807, 2.05) is 0 Å². The fourth-order valence-corrected chi connectivity index (χ4v) is 2.33. The number of hydrogen-bond acceptors (Lipinski definition) is 7. The zero-order chi connectivity index (χ0) is 19.9. The monoisotopic (exact) mass is 382 g/mol. The third-order valence-electron chi connectivity index (χ3n) is 3.78. The molecule has 3 rings (SSSR count). The molecule has 0 bridgehead atoms. The molecule has 0 aliphatic heterocycles. The van der Waals surface area contributed by atoms with E-state index in [4.69, 9.17) is 4.74 Å². The third kappa shape index (κ3) is 4.87. The lowest BCUT2D eigenvalue weighted by Gasteiger charge is -2.09. The van der Waals surface area contributed by atoms with E-state index in [-0.39, 0.29) is 36.9 Å². The standard InChI is InChI=1S/C18H18N6O4/c1-13(25)14-2-4-15(5-3-14)28-10-17(26)20-8-9-23-18(27)7-6-16(22-23)24-12-19-11-21-24/h2-7,11-12H,8-10H2,1H3,(H,20,26). The molecule has 0 atom stereocenters. The Hall–Kier alpha value is -3.82. The minimum absolute atomic E-state index is 0.0407. The predicted molar refractivity (Wildman–Crippen MR) is 98.4 cm³/mol. The molecule has 28 heavy (non-hydrogen) atoms. The Morgan fingerprint density at radius 2 is 1.93 bits per heavy atom. The molecule has 1 aromatic carbocycles. The molecular formula is C18H18N6O4. The van der Waals surface area contributed by atoms with Gasteiger partial charge in [0.05, 0.1) is 6.54 Å². The fourth-order valence-electron chi connectivity index (χ4n) is 2.33. The zero-order valence-corrected chi connectivity index (χ0v) is 15.1. The summed E-state index contributed by atoms with van der Waals surface area (Å²) in [5.74, 6) is 0.552. The summed E-state index contributed by atoms with van der Waals surface area (Å²) in [6.07, 6.45) is 2.84. The first kappa shape index (κ1) is 19.0. The Labute approximate surface area is 159 Å². The Morgan fingerprint density at radius 1 is 1.14 bits per heavy atom. The summed E-state index contributed by atoms with van der Waals surface area (Å²) in [5, 5.41) is 10.8. The third-order valence-corrected chi connectivity index (χ3v) is 3.78. The molecule has 0 unspecified atom stereocenters. The van der Waals surface area contributed by atoms with Gasteiger partial charge < -0.3 is 10.1 Å². The van der Waals surface area contributed by atoms with E-state index in [9.17, 15) is 14.4 Å². The number of carbonyl (C=O) groups is 2. The Kier molecular flexibility index (Phi) is 5.90. The summed E-state index contributed by atoms with van der Waals surface area (Å²) in [4.78, 5) is 38.9. The Morgan fingerprint density at radius 3 is 2.61 bits per heavy atom. The van der Waals surface area contributed by atoms with Gasteiger partial charge in [-0.3, -0.25) is 14.4 Å². The van der Waals surface area contributed by atoms with E-state index in [1.54, 1.807) is 24.3 Å². The van der Waals surface area contributed by atoms with Crippen LogP contribution in [0.25, 0.3) is 5.82 Å². The van der Waals surface area contributed by atoms with Gasteiger partial charge in [-0.2, -0.15) is 5.10 Å². The molecule has 0 aliphatic rings. The minimum atomic E-state index is -0.337. The van der Waals surface area contributed by atoms with Crippen molar-refractivity contribution in [3.05, 3.63) is 65.0 Å². The number of amides is 1. The second-order valence-electron chi connectivity index (χ2n) is 5.81. The molecule has 2 heterocycles. The first-order valence-corrected chi connectivity index (χ1v) is 8.46. The normalized spacial score (nSPS) is 10.5. The van der Waals surface area contributed by atoms with Crippen LogP contribution in [0, 0.1) is 0 Å². The van der Waals surface area contributed by atoms with Crippen LogP contribution in [-0.4, -0.2) is 49.4 Å². The lowest BCUT2D eigenvalue weighted by atomic mass is 10.1. The van der Waals surface area contributed by atoms with Crippen molar-refractivity contribution in [2.24, 2.45) is 0 Å². The van der Waals surface area contributed by atoms with Crippen molar-refractivity contribution in [2.45, 2.75) is 13.5 Å². The van der Waals surface area contributed by atoms with Crippen LogP contribution < -0.4 is 15.6 Å². The summed E-state index contributed by atoms with van der Waals surface area (Å²) < 4.78 is 8.04. The van der Waals surface area contributed by atoms with E-state index >= 15 is 0 Å². The van der Waals surface area contributed by atoms with Crippen LogP contribution in [0.3, 0.4) is 0 Å². The van der Waals surface area contributed by atoms with Crippen molar-refractivity contribution < 1.29 is 14.3 Å². The van der Waals surface area contributed by atoms with Gasteiger partial charge in [0.25, 0.3) is 11.5 Å². The van der Waals surface area contributed by atoms with E-state index < -0.39 is 0 Å². The molecule has 3 aromatic rings. The number of nitrogens with zero attached hydrogens (tertiary/aromatic N) is 5. The van der Waals surface area contributed by atoms with Crippen molar-refractivity contribution in [3.63, 3.8) is 0 Å². The summed E-state index contributed by atoms with van der Waals surface area (Å²) in [6.45, 7) is 1.70. The quantitative estimate of drug-likeness (QED) is 0.553. The lowest BCUT2D eigenvalue weighted by Crippen LogP contribution is -2.34. The zero-order valence-electron chi connectivity index (χ0n) is 15.1. The van der Waals surface area contributed by atoms with Crippen LogP contribution in [0.15, 0.2) is 53.8 Å². The Balaban J connectivity index is 1.48. The van der Waals surface area contributed by atoms with Crippen LogP contribution in [0.1, 0.15) is 17.3 Å². The van der Waals surface area contributed by atoms with Gasteiger partial charge in [0.2, 0.25) is 0 Å². The number of ketones is 1. The highest BCUT2D eigenvalue weighted by atomic mass is 16.5.